The Balaban J connectivity index is 2.49. The summed E-state index contributed by atoms with van der Waals surface area (Å²) in [6.07, 6.45) is 2.30. The molecule has 0 radical (unpaired) electrons. The largest absolute Gasteiger partial charge is 0.314 e. The van der Waals surface area contributed by atoms with E-state index in [9.17, 15) is 0 Å². The Labute approximate surface area is 97.1 Å². The van der Waals surface area contributed by atoms with E-state index in [0.29, 0.717) is 12.0 Å². The highest BCUT2D eigenvalue weighted by atomic mass is 32.1. The maximum atomic E-state index is 4.52. The van der Waals surface area contributed by atoms with Crippen LogP contribution in [0.15, 0.2) is 5.38 Å². The van der Waals surface area contributed by atoms with Gasteiger partial charge >= 0.3 is 0 Å². The van der Waals surface area contributed by atoms with Crippen molar-refractivity contribution < 1.29 is 0 Å². The Hall–Kier alpha value is -0.410. The van der Waals surface area contributed by atoms with Crippen LogP contribution in [0.1, 0.15) is 37.9 Å². The summed E-state index contributed by atoms with van der Waals surface area (Å²) in [6.45, 7) is 9.85. The Morgan fingerprint density at radius 2 is 2.20 bits per heavy atom. The summed E-state index contributed by atoms with van der Waals surface area (Å²) in [6, 6.07) is 0.624. The third-order valence-electron chi connectivity index (χ3n) is 2.76. The fourth-order valence-corrected chi connectivity index (χ4v) is 2.84. The van der Waals surface area contributed by atoms with Gasteiger partial charge in [-0.05, 0) is 25.8 Å². The number of aryl methyl sites for hydroxylation is 1. The van der Waals surface area contributed by atoms with E-state index >= 15 is 0 Å². The Bertz CT molecular complexity index is 283. The van der Waals surface area contributed by atoms with Crippen LogP contribution in [0.25, 0.3) is 0 Å². The second kappa shape index (κ2) is 6.23. The van der Waals surface area contributed by atoms with Gasteiger partial charge in [-0.1, -0.05) is 20.8 Å². The van der Waals surface area contributed by atoms with Crippen LogP contribution in [0.5, 0.6) is 0 Å². The maximum absolute atomic E-state index is 4.52. The van der Waals surface area contributed by atoms with Gasteiger partial charge in [0.2, 0.25) is 0 Å². The van der Waals surface area contributed by atoms with Gasteiger partial charge in [0.25, 0.3) is 0 Å². The van der Waals surface area contributed by atoms with Crippen molar-refractivity contribution in [3.05, 3.63) is 16.1 Å². The lowest BCUT2D eigenvalue weighted by atomic mass is 9.96. The van der Waals surface area contributed by atoms with Crippen molar-refractivity contribution in [2.45, 2.75) is 46.6 Å². The van der Waals surface area contributed by atoms with E-state index in [0.717, 1.165) is 18.7 Å². The average Bonchev–Trinajstić information content (AvgIpc) is 2.60. The minimum absolute atomic E-state index is 0.624. The lowest BCUT2D eigenvalue weighted by Crippen LogP contribution is -2.35. The lowest BCUT2D eigenvalue weighted by molar-refractivity contribution is 0.370. The highest BCUT2D eigenvalue weighted by Crippen LogP contribution is 2.17. The van der Waals surface area contributed by atoms with E-state index in [1.54, 1.807) is 11.3 Å². The Kier molecular flexibility index (Phi) is 5.26. The zero-order valence-corrected chi connectivity index (χ0v) is 11.0. The van der Waals surface area contributed by atoms with Crippen molar-refractivity contribution in [2.75, 3.05) is 6.54 Å². The number of nitrogens with one attached hydrogen (secondary N) is 1. The third kappa shape index (κ3) is 3.92. The Morgan fingerprint density at radius 1 is 1.47 bits per heavy atom. The normalized spacial score (nSPS) is 15.2. The van der Waals surface area contributed by atoms with E-state index in [2.05, 4.69) is 43.4 Å². The molecule has 2 unspecified atom stereocenters. The van der Waals surface area contributed by atoms with Crippen molar-refractivity contribution in [2.24, 2.45) is 5.92 Å². The predicted octanol–water partition coefficient (Wildman–Crippen LogP) is 3.02. The van der Waals surface area contributed by atoms with E-state index in [1.165, 1.54) is 11.4 Å². The summed E-state index contributed by atoms with van der Waals surface area (Å²) in [4.78, 5) is 4.52. The summed E-state index contributed by atoms with van der Waals surface area (Å²) in [5.74, 6) is 0.667. The Morgan fingerprint density at radius 3 is 2.67 bits per heavy atom. The average molecular weight is 226 g/mol. The van der Waals surface area contributed by atoms with E-state index < -0.39 is 0 Å². The van der Waals surface area contributed by atoms with Crippen LogP contribution in [-0.2, 0) is 6.42 Å². The molecular formula is C12H22N2S. The number of hydrogen-bond donors (Lipinski definition) is 1. The van der Waals surface area contributed by atoms with Gasteiger partial charge in [0, 0.05) is 23.5 Å². The van der Waals surface area contributed by atoms with Crippen molar-refractivity contribution in [3.8, 4) is 0 Å². The van der Waals surface area contributed by atoms with Gasteiger partial charge < -0.3 is 5.32 Å². The van der Waals surface area contributed by atoms with E-state index in [1.807, 2.05) is 0 Å². The second-order valence-electron chi connectivity index (χ2n) is 4.14. The van der Waals surface area contributed by atoms with Crippen LogP contribution < -0.4 is 5.32 Å². The molecule has 0 aliphatic rings. The molecule has 0 saturated carbocycles. The molecular weight excluding hydrogens is 204 g/mol. The van der Waals surface area contributed by atoms with Gasteiger partial charge in [-0.15, -0.1) is 11.3 Å². The van der Waals surface area contributed by atoms with Crippen molar-refractivity contribution in [3.63, 3.8) is 0 Å². The predicted molar refractivity (Wildman–Crippen MR) is 67.5 cm³/mol. The molecule has 1 N–H and O–H groups in total. The molecule has 0 spiro atoms. The topological polar surface area (TPSA) is 24.9 Å². The molecule has 2 atom stereocenters. The summed E-state index contributed by atoms with van der Waals surface area (Å²) >= 11 is 1.78. The van der Waals surface area contributed by atoms with Gasteiger partial charge in [0.1, 0.15) is 0 Å². The summed E-state index contributed by atoms with van der Waals surface area (Å²) in [7, 11) is 0. The highest BCUT2D eigenvalue weighted by molar-refractivity contribution is 7.09. The number of thiazole rings is 1. The summed E-state index contributed by atoms with van der Waals surface area (Å²) < 4.78 is 0. The molecule has 0 aliphatic heterocycles. The first-order valence-corrected chi connectivity index (χ1v) is 6.69. The van der Waals surface area contributed by atoms with E-state index in [-0.39, 0.29) is 0 Å². The minimum atomic E-state index is 0.624. The smallest absolute Gasteiger partial charge is 0.0931 e. The van der Waals surface area contributed by atoms with Crippen molar-refractivity contribution in [1.82, 2.24) is 10.3 Å². The third-order valence-corrected chi connectivity index (χ3v) is 3.75. The minimum Gasteiger partial charge on any atom is -0.314 e. The molecule has 86 valence electrons. The number of nitrogens with zero attached hydrogens (tertiary/aromatic N) is 1. The monoisotopic (exact) mass is 226 g/mol. The van der Waals surface area contributed by atoms with Crippen LogP contribution in [0.3, 0.4) is 0 Å². The van der Waals surface area contributed by atoms with Crippen LogP contribution in [0.4, 0.5) is 0 Å². The zero-order valence-electron chi connectivity index (χ0n) is 10.2. The molecule has 0 aliphatic carbocycles. The van der Waals surface area contributed by atoms with Crippen molar-refractivity contribution in [1.29, 1.82) is 0 Å². The fraction of sp³-hybridized carbons (Fsp3) is 0.750. The molecule has 0 aromatic carbocycles. The quantitative estimate of drug-likeness (QED) is 0.806. The van der Waals surface area contributed by atoms with Crippen LogP contribution in [-0.4, -0.2) is 17.6 Å². The van der Waals surface area contributed by atoms with Crippen LogP contribution >= 0.6 is 11.3 Å². The first kappa shape index (κ1) is 12.7. The maximum Gasteiger partial charge on any atom is 0.0931 e. The highest BCUT2D eigenvalue weighted by Gasteiger charge is 2.15. The molecule has 1 heterocycles. The molecule has 15 heavy (non-hydrogen) atoms. The fourth-order valence-electron chi connectivity index (χ4n) is 1.92. The first-order valence-electron chi connectivity index (χ1n) is 5.81. The number of hydrogen-bond acceptors (Lipinski definition) is 3. The second-order valence-corrected chi connectivity index (χ2v) is 5.08. The molecule has 0 saturated heterocycles. The van der Waals surface area contributed by atoms with Crippen LogP contribution in [0.2, 0.25) is 0 Å². The van der Waals surface area contributed by atoms with E-state index in [4.69, 9.17) is 0 Å². The zero-order chi connectivity index (χ0) is 11.3. The first-order chi connectivity index (χ1) is 7.17. The van der Waals surface area contributed by atoms with Gasteiger partial charge in [0.15, 0.2) is 0 Å². The molecule has 0 fully saturated rings. The van der Waals surface area contributed by atoms with Gasteiger partial charge in [-0.25, -0.2) is 4.98 Å². The van der Waals surface area contributed by atoms with Gasteiger partial charge in [0.05, 0.1) is 5.01 Å². The summed E-state index contributed by atoms with van der Waals surface area (Å²) in [5, 5.41) is 6.95. The SMILES string of the molecule is CCNC(CC)C(C)Cc1nc(C)cs1. The van der Waals surface area contributed by atoms with Crippen LogP contribution in [0, 0.1) is 12.8 Å². The molecule has 3 heteroatoms. The lowest BCUT2D eigenvalue weighted by Gasteiger charge is -2.22. The molecule has 0 amide bonds. The number of rotatable bonds is 6. The molecule has 1 aromatic heterocycles. The summed E-state index contributed by atoms with van der Waals surface area (Å²) in [5.41, 5.74) is 1.15. The molecule has 2 nitrogen and oxygen atoms in total. The number of aromatic nitrogens is 1. The molecule has 1 rings (SSSR count). The van der Waals surface area contributed by atoms with Gasteiger partial charge in [-0.2, -0.15) is 0 Å². The molecule has 0 bridgehead atoms. The molecule has 1 aromatic rings. The van der Waals surface area contributed by atoms with Gasteiger partial charge in [-0.3, -0.25) is 0 Å². The standard InChI is InChI=1S/C12H22N2S/c1-5-11(13-6-2)9(3)7-12-14-10(4)8-15-12/h8-9,11,13H,5-7H2,1-4H3. The van der Waals surface area contributed by atoms with Crippen molar-refractivity contribution >= 4 is 11.3 Å².